The Bertz CT molecular complexity index is 475. The second-order valence-electron chi connectivity index (χ2n) is 4.39. The van der Waals surface area contributed by atoms with Crippen molar-refractivity contribution in [2.24, 2.45) is 0 Å². The molecule has 0 saturated heterocycles. The lowest BCUT2D eigenvalue weighted by Gasteiger charge is -2.14. The van der Waals surface area contributed by atoms with Crippen LogP contribution in [0.4, 0.5) is 0 Å². The molecular weight excluding hydrogens is 208 g/mol. The van der Waals surface area contributed by atoms with Crippen LogP contribution in [-0.4, -0.2) is 11.0 Å². The molecule has 0 atom stereocenters. The maximum Gasteiger partial charge on any atom is 0.0705 e. The molecule has 0 amide bonds. The lowest BCUT2D eigenvalue weighted by Crippen LogP contribution is -2.27. The Hall–Kier alpha value is -1.41. The first-order chi connectivity index (χ1) is 8.33. The average Bonchev–Trinajstić information content (AvgIpc) is 2.40. The number of benzene rings is 1. The molecule has 0 spiro atoms. The largest absolute Gasteiger partial charge is 0.308 e. The molecule has 2 aromatic rings. The van der Waals surface area contributed by atoms with Gasteiger partial charge in [0.2, 0.25) is 0 Å². The lowest BCUT2D eigenvalue weighted by atomic mass is 10.1. The topological polar surface area (TPSA) is 24.9 Å². The standard InChI is InChI=1S/C15H20N2/c1-3-13(4-2)16-11-14-10-9-12-7-5-6-8-15(12)17-14/h5-10,13,16H,3-4,11H2,1-2H3. The fourth-order valence-corrected chi connectivity index (χ4v) is 2.03. The molecule has 1 N–H and O–H groups in total. The van der Waals surface area contributed by atoms with Crippen molar-refractivity contribution in [1.29, 1.82) is 0 Å². The van der Waals surface area contributed by atoms with E-state index in [9.17, 15) is 0 Å². The fourth-order valence-electron chi connectivity index (χ4n) is 2.03. The number of nitrogens with one attached hydrogen (secondary N) is 1. The van der Waals surface area contributed by atoms with Gasteiger partial charge in [0.05, 0.1) is 11.2 Å². The van der Waals surface area contributed by atoms with Gasteiger partial charge < -0.3 is 5.32 Å². The molecule has 2 rings (SSSR count). The Labute approximate surface area is 103 Å². The van der Waals surface area contributed by atoms with Gasteiger partial charge in [-0.1, -0.05) is 38.1 Å². The first kappa shape index (κ1) is 12.1. The van der Waals surface area contributed by atoms with E-state index in [1.807, 2.05) is 12.1 Å². The van der Waals surface area contributed by atoms with Gasteiger partial charge in [0.1, 0.15) is 0 Å². The second kappa shape index (κ2) is 5.78. The third kappa shape index (κ3) is 3.04. The molecule has 0 saturated carbocycles. The van der Waals surface area contributed by atoms with Crippen molar-refractivity contribution in [3.8, 4) is 0 Å². The zero-order chi connectivity index (χ0) is 12.1. The summed E-state index contributed by atoms with van der Waals surface area (Å²) in [7, 11) is 0. The maximum absolute atomic E-state index is 4.65. The van der Waals surface area contributed by atoms with Crippen molar-refractivity contribution in [2.75, 3.05) is 0 Å². The number of hydrogen-bond donors (Lipinski definition) is 1. The van der Waals surface area contributed by atoms with Gasteiger partial charge in [0, 0.05) is 18.0 Å². The minimum absolute atomic E-state index is 0.600. The SMILES string of the molecule is CCC(CC)NCc1ccc2ccccc2n1. The molecule has 0 unspecified atom stereocenters. The molecular formula is C15H20N2. The van der Waals surface area contributed by atoms with E-state index in [0.29, 0.717) is 6.04 Å². The number of fused-ring (bicyclic) bond motifs is 1. The smallest absolute Gasteiger partial charge is 0.0705 e. The molecule has 0 aliphatic heterocycles. The molecule has 0 radical (unpaired) electrons. The summed E-state index contributed by atoms with van der Waals surface area (Å²) in [6.45, 7) is 5.29. The monoisotopic (exact) mass is 228 g/mol. The number of nitrogens with zero attached hydrogens (tertiary/aromatic N) is 1. The molecule has 0 bridgehead atoms. The summed E-state index contributed by atoms with van der Waals surface area (Å²) >= 11 is 0. The Kier molecular flexibility index (Phi) is 4.10. The fraction of sp³-hybridized carbons (Fsp3) is 0.400. The molecule has 0 aliphatic carbocycles. The highest BCUT2D eigenvalue weighted by molar-refractivity contribution is 5.78. The van der Waals surface area contributed by atoms with Crippen LogP contribution in [0.3, 0.4) is 0 Å². The van der Waals surface area contributed by atoms with Crippen LogP contribution in [0.25, 0.3) is 10.9 Å². The summed E-state index contributed by atoms with van der Waals surface area (Å²) in [6, 6.07) is 13.1. The van der Waals surface area contributed by atoms with Gasteiger partial charge in [-0.25, -0.2) is 0 Å². The predicted molar refractivity (Wildman–Crippen MR) is 73.0 cm³/mol. The Morgan fingerprint density at radius 1 is 1.06 bits per heavy atom. The van der Waals surface area contributed by atoms with Gasteiger partial charge in [0.25, 0.3) is 0 Å². The minimum Gasteiger partial charge on any atom is -0.308 e. The Balaban J connectivity index is 2.09. The highest BCUT2D eigenvalue weighted by atomic mass is 14.9. The zero-order valence-corrected chi connectivity index (χ0v) is 10.6. The Morgan fingerprint density at radius 3 is 2.59 bits per heavy atom. The number of aromatic nitrogens is 1. The van der Waals surface area contributed by atoms with E-state index in [4.69, 9.17) is 0 Å². The zero-order valence-electron chi connectivity index (χ0n) is 10.6. The normalized spacial score (nSPS) is 11.2. The predicted octanol–water partition coefficient (Wildman–Crippen LogP) is 3.51. The molecule has 1 aromatic heterocycles. The van der Waals surface area contributed by atoms with Gasteiger partial charge in [0.15, 0.2) is 0 Å². The van der Waals surface area contributed by atoms with Crippen molar-refractivity contribution in [1.82, 2.24) is 10.3 Å². The van der Waals surface area contributed by atoms with Crippen LogP contribution in [0.15, 0.2) is 36.4 Å². The van der Waals surface area contributed by atoms with E-state index in [0.717, 1.165) is 17.8 Å². The van der Waals surface area contributed by atoms with Gasteiger partial charge in [-0.15, -0.1) is 0 Å². The molecule has 2 heteroatoms. The quantitative estimate of drug-likeness (QED) is 0.847. The summed E-state index contributed by atoms with van der Waals surface area (Å²) in [4.78, 5) is 4.65. The van der Waals surface area contributed by atoms with Crippen LogP contribution < -0.4 is 5.32 Å². The van der Waals surface area contributed by atoms with Crippen molar-refractivity contribution < 1.29 is 0 Å². The molecule has 1 aromatic carbocycles. The van der Waals surface area contributed by atoms with Gasteiger partial charge in [-0.05, 0) is 25.0 Å². The van der Waals surface area contributed by atoms with E-state index in [2.05, 4.69) is 48.4 Å². The Morgan fingerprint density at radius 2 is 1.82 bits per heavy atom. The van der Waals surface area contributed by atoms with Crippen molar-refractivity contribution >= 4 is 10.9 Å². The lowest BCUT2D eigenvalue weighted by molar-refractivity contribution is 0.481. The van der Waals surface area contributed by atoms with Crippen LogP contribution in [0.2, 0.25) is 0 Å². The first-order valence-electron chi connectivity index (χ1n) is 6.41. The molecule has 0 aliphatic rings. The maximum atomic E-state index is 4.65. The number of pyridine rings is 1. The van der Waals surface area contributed by atoms with E-state index in [-0.39, 0.29) is 0 Å². The first-order valence-corrected chi connectivity index (χ1v) is 6.41. The van der Waals surface area contributed by atoms with E-state index >= 15 is 0 Å². The van der Waals surface area contributed by atoms with Crippen molar-refractivity contribution in [3.63, 3.8) is 0 Å². The second-order valence-corrected chi connectivity index (χ2v) is 4.39. The minimum atomic E-state index is 0.600. The highest BCUT2D eigenvalue weighted by Gasteiger charge is 2.03. The van der Waals surface area contributed by atoms with Crippen LogP contribution >= 0.6 is 0 Å². The summed E-state index contributed by atoms with van der Waals surface area (Å²) in [5.41, 5.74) is 2.20. The molecule has 2 nitrogen and oxygen atoms in total. The van der Waals surface area contributed by atoms with Crippen molar-refractivity contribution in [2.45, 2.75) is 39.3 Å². The number of para-hydroxylation sites is 1. The summed E-state index contributed by atoms with van der Waals surface area (Å²) in [5.74, 6) is 0. The molecule has 0 fully saturated rings. The van der Waals surface area contributed by atoms with E-state index in [1.54, 1.807) is 0 Å². The van der Waals surface area contributed by atoms with Crippen molar-refractivity contribution in [3.05, 3.63) is 42.1 Å². The summed E-state index contributed by atoms with van der Waals surface area (Å²) in [6.07, 6.45) is 2.34. The van der Waals surface area contributed by atoms with Crippen LogP contribution in [0.5, 0.6) is 0 Å². The molecule has 1 heterocycles. The van der Waals surface area contributed by atoms with Gasteiger partial charge in [-0.2, -0.15) is 0 Å². The average molecular weight is 228 g/mol. The third-order valence-electron chi connectivity index (χ3n) is 3.21. The van der Waals surface area contributed by atoms with Crippen LogP contribution in [0.1, 0.15) is 32.4 Å². The highest BCUT2D eigenvalue weighted by Crippen LogP contribution is 2.11. The molecule has 17 heavy (non-hydrogen) atoms. The number of hydrogen-bond acceptors (Lipinski definition) is 2. The van der Waals surface area contributed by atoms with Crippen LogP contribution in [0, 0.1) is 0 Å². The van der Waals surface area contributed by atoms with E-state index < -0.39 is 0 Å². The molecule has 90 valence electrons. The van der Waals surface area contributed by atoms with Gasteiger partial charge in [-0.3, -0.25) is 4.98 Å². The van der Waals surface area contributed by atoms with Crippen LogP contribution in [-0.2, 0) is 6.54 Å². The summed E-state index contributed by atoms with van der Waals surface area (Å²) < 4.78 is 0. The summed E-state index contributed by atoms with van der Waals surface area (Å²) in [5, 5.41) is 4.74. The number of rotatable bonds is 5. The van der Waals surface area contributed by atoms with E-state index in [1.165, 1.54) is 18.2 Å². The third-order valence-corrected chi connectivity index (χ3v) is 3.21. The van der Waals surface area contributed by atoms with Gasteiger partial charge >= 0.3 is 0 Å².